The summed E-state index contributed by atoms with van der Waals surface area (Å²) in [7, 11) is 0. The summed E-state index contributed by atoms with van der Waals surface area (Å²) >= 11 is 0. The molecule has 0 spiro atoms. The molecule has 5 heteroatoms. The first-order chi connectivity index (χ1) is 9.43. The summed E-state index contributed by atoms with van der Waals surface area (Å²) in [6.07, 6.45) is -3.67. The fourth-order valence-electron chi connectivity index (χ4n) is 2.10. The number of nitrogens with two attached hydrogens (primary N) is 1. The minimum Gasteiger partial charge on any atom is -0.461 e. The van der Waals surface area contributed by atoms with Crippen molar-refractivity contribution in [3.63, 3.8) is 0 Å². The molecule has 2 aromatic rings. The molecule has 0 radical (unpaired) electrons. The van der Waals surface area contributed by atoms with Crippen LogP contribution < -0.4 is 5.73 Å². The Bertz CT molecular complexity index is 574. The maximum atomic E-state index is 13.0. The highest BCUT2D eigenvalue weighted by Gasteiger charge is 2.34. The molecule has 0 aliphatic rings. The van der Waals surface area contributed by atoms with Crippen LogP contribution in [0.25, 0.3) is 11.3 Å². The number of hydrogen-bond donors (Lipinski definition) is 1. The number of halogens is 3. The molecule has 1 aromatic carbocycles. The van der Waals surface area contributed by atoms with Crippen LogP contribution >= 0.6 is 0 Å². The van der Waals surface area contributed by atoms with E-state index in [0.717, 1.165) is 12.5 Å². The Morgan fingerprint density at radius 3 is 2.50 bits per heavy atom. The zero-order valence-electron chi connectivity index (χ0n) is 11.1. The van der Waals surface area contributed by atoms with Gasteiger partial charge in [0.2, 0.25) is 0 Å². The van der Waals surface area contributed by atoms with Crippen molar-refractivity contribution in [2.45, 2.75) is 25.4 Å². The highest BCUT2D eigenvalue weighted by Crippen LogP contribution is 2.38. The number of hydrogen-bond acceptors (Lipinski definition) is 2. The third-order valence-electron chi connectivity index (χ3n) is 3.21. The van der Waals surface area contributed by atoms with E-state index >= 15 is 0 Å². The second-order valence-corrected chi connectivity index (χ2v) is 4.72. The molecule has 1 aromatic heterocycles. The SMILES string of the molecule is CC(CCN)c1ccc(-c2ccccc2C(F)(F)F)o1. The van der Waals surface area contributed by atoms with Crippen LogP contribution in [-0.2, 0) is 6.18 Å². The molecule has 1 atom stereocenters. The van der Waals surface area contributed by atoms with Gasteiger partial charge in [-0.05, 0) is 31.2 Å². The molecule has 0 fully saturated rings. The largest absolute Gasteiger partial charge is 0.461 e. The molecule has 2 N–H and O–H groups in total. The summed E-state index contributed by atoms with van der Waals surface area (Å²) < 4.78 is 44.5. The van der Waals surface area contributed by atoms with E-state index in [1.165, 1.54) is 12.1 Å². The summed E-state index contributed by atoms with van der Waals surface area (Å²) in [5.74, 6) is 0.978. The molecule has 0 amide bonds. The van der Waals surface area contributed by atoms with Crippen LogP contribution in [0.1, 0.15) is 30.6 Å². The van der Waals surface area contributed by atoms with Gasteiger partial charge in [0, 0.05) is 11.5 Å². The number of benzene rings is 1. The lowest BCUT2D eigenvalue weighted by molar-refractivity contribution is -0.137. The van der Waals surface area contributed by atoms with Gasteiger partial charge in [-0.25, -0.2) is 0 Å². The first-order valence-electron chi connectivity index (χ1n) is 6.40. The summed E-state index contributed by atoms with van der Waals surface area (Å²) in [6, 6.07) is 8.69. The molecule has 1 heterocycles. The zero-order chi connectivity index (χ0) is 14.8. The third-order valence-corrected chi connectivity index (χ3v) is 3.21. The van der Waals surface area contributed by atoms with Crippen molar-refractivity contribution in [2.75, 3.05) is 6.54 Å². The van der Waals surface area contributed by atoms with Crippen molar-refractivity contribution in [1.82, 2.24) is 0 Å². The summed E-state index contributed by atoms with van der Waals surface area (Å²) in [6.45, 7) is 2.45. The summed E-state index contributed by atoms with van der Waals surface area (Å²) in [5.41, 5.74) is 4.85. The maximum Gasteiger partial charge on any atom is 0.417 e. The van der Waals surface area contributed by atoms with Crippen LogP contribution in [-0.4, -0.2) is 6.54 Å². The second kappa shape index (κ2) is 5.71. The Morgan fingerprint density at radius 2 is 1.85 bits per heavy atom. The first-order valence-corrected chi connectivity index (χ1v) is 6.40. The number of alkyl halides is 3. The fourth-order valence-corrected chi connectivity index (χ4v) is 2.10. The molecule has 0 aliphatic heterocycles. The summed E-state index contributed by atoms with van der Waals surface area (Å²) in [4.78, 5) is 0. The lowest BCUT2D eigenvalue weighted by Gasteiger charge is -2.11. The lowest BCUT2D eigenvalue weighted by Crippen LogP contribution is -2.06. The van der Waals surface area contributed by atoms with Crippen LogP contribution in [0.4, 0.5) is 13.2 Å². The predicted octanol–water partition coefficient (Wildman–Crippen LogP) is 4.42. The topological polar surface area (TPSA) is 39.2 Å². The van der Waals surface area contributed by atoms with Crippen molar-refractivity contribution in [3.05, 3.63) is 47.7 Å². The first kappa shape index (κ1) is 14.7. The molecule has 2 nitrogen and oxygen atoms in total. The highest BCUT2D eigenvalue weighted by molar-refractivity contribution is 5.63. The molecule has 0 aliphatic carbocycles. The van der Waals surface area contributed by atoms with Crippen molar-refractivity contribution in [3.8, 4) is 11.3 Å². The van der Waals surface area contributed by atoms with E-state index in [2.05, 4.69) is 0 Å². The molecule has 0 bridgehead atoms. The van der Waals surface area contributed by atoms with Gasteiger partial charge in [-0.3, -0.25) is 0 Å². The van der Waals surface area contributed by atoms with Gasteiger partial charge >= 0.3 is 6.18 Å². The van der Waals surface area contributed by atoms with Gasteiger partial charge in [0.15, 0.2) is 0 Å². The average molecular weight is 283 g/mol. The summed E-state index contributed by atoms with van der Waals surface area (Å²) in [5, 5.41) is 0. The van der Waals surface area contributed by atoms with Crippen molar-refractivity contribution >= 4 is 0 Å². The van der Waals surface area contributed by atoms with E-state index in [-0.39, 0.29) is 17.2 Å². The van der Waals surface area contributed by atoms with E-state index in [1.807, 2.05) is 6.92 Å². The van der Waals surface area contributed by atoms with E-state index in [4.69, 9.17) is 10.2 Å². The fraction of sp³-hybridized carbons (Fsp3) is 0.333. The van der Waals surface area contributed by atoms with Gasteiger partial charge in [-0.15, -0.1) is 0 Å². The Morgan fingerprint density at radius 1 is 1.15 bits per heavy atom. The Balaban J connectivity index is 2.38. The van der Waals surface area contributed by atoms with Gasteiger partial charge in [0.1, 0.15) is 11.5 Å². The maximum absolute atomic E-state index is 13.0. The van der Waals surface area contributed by atoms with E-state index in [1.54, 1.807) is 18.2 Å². The molecule has 0 saturated carbocycles. The normalized spacial score (nSPS) is 13.4. The van der Waals surface area contributed by atoms with Gasteiger partial charge in [-0.2, -0.15) is 13.2 Å². The van der Waals surface area contributed by atoms with Gasteiger partial charge < -0.3 is 10.2 Å². The van der Waals surface area contributed by atoms with E-state index < -0.39 is 11.7 Å². The zero-order valence-corrected chi connectivity index (χ0v) is 11.1. The Hall–Kier alpha value is -1.75. The van der Waals surface area contributed by atoms with Crippen molar-refractivity contribution in [1.29, 1.82) is 0 Å². The van der Waals surface area contributed by atoms with Crippen LogP contribution in [0, 0.1) is 0 Å². The minimum atomic E-state index is -4.40. The quantitative estimate of drug-likeness (QED) is 0.902. The van der Waals surface area contributed by atoms with Crippen molar-refractivity contribution < 1.29 is 17.6 Å². The van der Waals surface area contributed by atoms with Crippen molar-refractivity contribution in [2.24, 2.45) is 5.73 Å². The van der Waals surface area contributed by atoms with E-state index in [0.29, 0.717) is 12.3 Å². The predicted molar refractivity (Wildman–Crippen MR) is 71.2 cm³/mol. The second-order valence-electron chi connectivity index (χ2n) is 4.72. The lowest BCUT2D eigenvalue weighted by atomic mass is 10.0. The van der Waals surface area contributed by atoms with Gasteiger partial charge in [-0.1, -0.05) is 25.1 Å². The molecule has 2 rings (SSSR count). The van der Waals surface area contributed by atoms with Gasteiger partial charge in [0.05, 0.1) is 5.56 Å². The van der Waals surface area contributed by atoms with Crippen LogP contribution in [0.2, 0.25) is 0 Å². The number of rotatable bonds is 4. The average Bonchev–Trinajstić information content (AvgIpc) is 2.87. The smallest absolute Gasteiger partial charge is 0.417 e. The Kier molecular flexibility index (Phi) is 4.18. The van der Waals surface area contributed by atoms with E-state index in [9.17, 15) is 13.2 Å². The molecule has 0 saturated heterocycles. The van der Waals surface area contributed by atoms with Crippen LogP contribution in [0.15, 0.2) is 40.8 Å². The molecular formula is C15H16F3NO. The molecule has 1 unspecified atom stereocenters. The van der Waals surface area contributed by atoms with Gasteiger partial charge in [0.25, 0.3) is 0 Å². The minimum absolute atomic E-state index is 0.0613. The van der Waals surface area contributed by atoms with Crippen LogP contribution in [0.3, 0.4) is 0 Å². The molecular weight excluding hydrogens is 267 g/mol. The standard InChI is InChI=1S/C15H16F3NO/c1-10(8-9-19)13-6-7-14(20-13)11-4-2-3-5-12(11)15(16,17)18/h2-7,10H,8-9,19H2,1H3. The number of furan rings is 1. The molecule has 108 valence electrons. The van der Waals surface area contributed by atoms with Crippen LogP contribution in [0.5, 0.6) is 0 Å². The highest BCUT2D eigenvalue weighted by atomic mass is 19.4. The third kappa shape index (κ3) is 3.04. The Labute approximate surface area is 115 Å². The molecule has 20 heavy (non-hydrogen) atoms. The monoisotopic (exact) mass is 283 g/mol.